The first-order valence-electron chi connectivity index (χ1n) is 10.5. The minimum atomic E-state index is -0.948. The number of pyridine rings is 1. The molecular weight excluding hydrogens is 470 g/mol. The normalized spacial score (nSPS) is 9.97. The minimum absolute atomic E-state index is 0. The summed E-state index contributed by atoms with van der Waals surface area (Å²) in [6.45, 7) is 0. The molecule has 4 aromatic rings. The van der Waals surface area contributed by atoms with Crippen LogP contribution in [0.2, 0.25) is 5.02 Å². The maximum absolute atomic E-state index is 9.79. The summed E-state index contributed by atoms with van der Waals surface area (Å²) in [5.41, 5.74) is 3.03. The lowest BCUT2D eigenvalue weighted by Crippen LogP contribution is -2.02. The number of carbonyl (C=O) groups is 2. The van der Waals surface area contributed by atoms with E-state index in [1.165, 1.54) is 0 Å². The monoisotopic (exact) mass is 496 g/mol. The van der Waals surface area contributed by atoms with Crippen molar-refractivity contribution in [2.45, 2.75) is 25.7 Å². The van der Waals surface area contributed by atoms with Gasteiger partial charge in [-0.3, -0.25) is 14.6 Å². The first-order valence-corrected chi connectivity index (χ1v) is 10.9. The van der Waals surface area contributed by atoms with Crippen LogP contribution in [0.15, 0.2) is 73.1 Å². The van der Waals surface area contributed by atoms with E-state index in [1.807, 2.05) is 48.5 Å². The van der Waals surface area contributed by atoms with Crippen LogP contribution in [0.4, 0.5) is 11.5 Å². The Morgan fingerprint density at radius 1 is 0.829 bits per heavy atom. The van der Waals surface area contributed by atoms with Gasteiger partial charge in [-0.1, -0.05) is 35.9 Å². The van der Waals surface area contributed by atoms with Crippen molar-refractivity contribution in [3.8, 4) is 0 Å². The molecule has 0 spiro atoms. The molecule has 0 aliphatic rings. The maximum Gasteiger partial charge on any atom is 0.303 e. The Hall–Kier alpha value is -4.08. The third-order valence-electron chi connectivity index (χ3n) is 4.77. The van der Waals surface area contributed by atoms with Crippen molar-refractivity contribution in [2.75, 3.05) is 5.32 Å². The van der Waals surface area contributed by atoms with E-state index in [-0.39, 0.29) is 25.4 Å². The second kappa shape index (κ2) is 13.6. The van der Waals surface area contributed by atoms with Crippen molar-refractivity contribution in [1.29, 1.82) is 0 Å². The quantitative estimate of drug-likeness (QED) is 0.241. The molecule has 0 radical (unpaired) electrons. The number of aromatic nitrogens is 3. The van der Waals surface area contributed by atoms with Crippen molar-refractivity contribution in [3.63, 3.8) is 0 Å². The van der Waals surface area contributed by atoms with Crippen molar-refractivity contribution in [3.05, 3.63) is 89.3 Å². The molecular formula is C25H27ClN5O4+. The van der Waals surface area contributed by atoms with Crippen LogP contribution in [0.25, 0.3) is 10.8 Å². The van der Waals surface area contributed by atoms with Crippen LogP contribution in [-0.4, -0.2) is 37.3 Å². The predicted molar refractivity (Wildman–Crippen MR) is 136 cm³/mol. The number of quaternary nitrogens is 1. The highest BCUT2D eigenvalue weighted by Crippen LogP contribution is 2.27. The van der Waals surface area contributed by atoms with Crippen molar-refractivity contribution < 1.29 is 19.8 Å². The average Bonchev–Trinajstić information content (AvgIpc) is 2.83. The number of rotatable bonds is 8. The van der Waals surface area contributed by atoms with E-state index in [0.29, 0.717) is 5.02 Å². The highest BCUT2D eigenvalue weighted by molar-refractivity contribution is 6.30. The lowest BCUT2D eigenvalue weighted by atomic mass is 10.0. The fourth-order valence-corrected chi connectivity index (χ4v) is 3.26. The molecule has 0 saturated carbocycles. The van der Waals surface area contributed by atoms with Crippen molar-refractivity contribution >= 4 is 45.8 Å². The predicted octanol–water partition coefficient (Wildman–Crippen LogP) is 5.71. The lowest BCUT2D eigenvalue weighted by Gasteiger charge is -2.11. The molecule has 2 aromatic carbocycles. The smallest absolute Gasteiger partial charge is 0.303 e. The van der Waals surface area contributed by atoms with Gasteiger partial charge in [-0.25, -0.2) is 0 Å². The Bertz CT molecular complexity index is 1240. The van der Waals surface area contributed by atoms with Gasteiger partial charge < -0.3 is 21.7 Å². The molecule has 35 heavy (non-hydrogen) atoms. The Morgan fingerprint density at radius 3 is 2.03 bits per heavy atom. The zero-order valence-corrected chi connectivity index (χ0v) is 19.9. The van der Waals surface area contributed by atoms with Crippen LogP contribution < -0.4 is 11.5 Å². The van der Waals surface area contributed by atoms with E-state index in [9.17, 15) is 9.59 Å². The van der Waals surface area contributed by atoms with E-state index >= 15 is 0 Å². The van der Waals surface area contributed by atoms with Crippen LogP contribution >= 0.6 is 11.6 Å². The minimum Gasteiger partial charge on any atom is -0.481 e. The highest BCUT2D eigenvalue weighted by atomic mass is 35.5. The molecule has 2 heterocycles. The standard InChI is InChI=1S/C20H15ClN4.C5H8O4.H3N/c21-15-5-7-16(8-6-15)23-20-18-4-2-1-3-17(18)19(24-25-20)13-14-9-11-22-12-10-14;6-4(7)2-1-3-5(8)9;/h1-12H,13H2,(H,23,25);1-3H2,(H,6,7)(H,8,9);1H3/p+1. The molecule has 7 N–H and O–H groups in total. The SMILES string of the molecule is Clc1ccc(Nc2nnc(Cc3ccncc3)c3ccccc23)cc1.O=C(O)CCCC(=O)O.[NH4+]. The van der Waals surface area contributed by atoms with Crippen molar-refractivity contribution in [2.24, 2.45) is 0 Å². The Balaban J connectivity index is 0.000000373. The number of carboxylic acids is 2. The molecule has 0 fully saturated rings. The number of carboxylic acid groups (broad SMARTS) is 2. The van der Waals surface area contributed by atoms with Crippen molar-refractivity contribution in [1.82, 2.24) is 21.3 Å². The summed E-state index contributed by atoms with van der Waals surface area (Å²) in [7, 11) is 0. The second-order valence-corrected chi connectivity index (χ2v) is 7.78. The number of hydrogen-bond donors (Lipinski definition) is 4. The fraction of sp³-hybridized carbons (Fsp3) is 0.160. The number of anilines is 2. The second-order valence-electron chi connectivity index (χ2n) is 7.35. The van der Waals surface area contributed by atoms with Crippen LogP contribution in [0.3, 0.4) is 0 Å². The van der Waals surface area contributed by atoms with E-state index in [1.54, 1.807) is 12.4 Å². The molecule has 4 rings (SSSR count). The fourth-order valence-electron chi connectivity index (χ4n) is 3.14. The molecule has 0 bridgehead atoms. The summed E-state index contributed by atoms with van der Waals surface area (Å²) in [5, 5.41) is 31.1. The third kappa shape index (κ3) is 8.65. The first kappa shape index (κ1) is 27.2. The van der Waals surface area contributed by atoms with Gasteiger partial charge in [0, 0.05) is 53.1 Å². The van der Waals surface area contributed by atoms with E-state index < -0.39 is 11.9 Å². The average molecular weight is 497 g/mol. The summed E-state index contributed by atoms with van der Waals surface area (Å²) in [6, 6.07) is 19.7. The Labute approximate surface area is 207 Å². The largest absolute Gasteiger partial charge is 0.481 e. The summed E-state index contributed by atoms with van der Waals surface area (Å²) < 4.78 is 0. The molecule has 182 valence electrons. The first-order chi connectivity index (χ1) is 16.4. The summed E-state index contributed by atoms with van der Waals surface area (Å²) in [4.78, 5) is 23.6. The van der Waals surface area contributed by atoms with Gasteiger partial charge in [-0.15, -0.1) is 5.10 Å². The van der Waals surface area contributed by atoms with Crippen LogP contribution in [0, 0.1) is 0 Å². The van der Waals surface area contributed by atoms with E-state index in [2.05, 4.69) is 32.6 Å². The van der Waals surface area contributed by atoms with Gasteiger partial charge in [0.25, 0.3) is 0 Å². The molecule has 0 saturated heterocycles. The zero-order chi connectivity index (χ0) is 24.3. The van der Waals surface area contributed by atoms with Gasteiger partial charge in [0.05, 0.1) is 5.69 Å². The molecule has 9 nitrogen and oxygen atoms in total. The number of hydrogen-bond acceptors (Lipinski definition) is 6. The van der Waals surface area contributed by atoms with Gasteiger partial charge in [0.2, 0.25) is 0 Å². The molecule has 10 heteroatoms. The molecule has 0 atom stereocenters. The number of nitrogens with zero attached hydrogens (tertiary/aromatic N) is 3. The van der Waals surface area contributed by atoms with E-state index in [0.717, 1.165) is 40.0 Å². The number of benzene rings is 2. The van der Waals surface area contributed by atoms with Gasteiger partial charge in [-0.2, -0.15) is 5.10 Å². The molecule has 2 aromatic heterocycles. The van der Waals surface area contributed by atoms with Gasteiger partial charge in [-0.05, 0) is 48.4 Å². The topological polar surface area (TPSA) is 162 Å². The molecule has 0 unspecified atom stereocenters. The number of nitrogens with one attached hydrogen (secondary N) is 1. The summed E-state index contributed by atoms with van der Waals surface area (Å²) in [6.07, 6.45) is 4.39. The van der Waals surface area contributed by atoms with Gasteiger partial charge in [0.1, 0.15) is 0 Å². The van der Waals surface area contributed by atoms with Crippen LogP contribution in [0.5, 0.6) is 0 Å². The van der Waals surface area contributed by atoms with Gasteiger partial charge >= 0.3 is 11.9 Å². The molecule has 0 amide bonds. The van der Waals surface area contributed by atoms with Gasteiger partial charge in [0.15, 0.2) is 5.82 Å². The van der Waals surface area contributed by atoms with Crippen LogP contribution in [0.1, 0.15) is 30.5 Å². The Morgan fingerprint density at radius 2 is 1.43 bits per heavy atom. The third-order valence-corrected chi connectivity index (χ3v) is 5.02. The molecule has 0 aliphatic carbocycles. The molecule has 0 aliphatic heterocycles. The lowest BCUT2D eigenvalue weighted by molar-refractivity contribution is -0.138. The summed E-state index contributed by atoms with van der Waals surface area (Å²) >= 11 is 5.95. The van der Waals surface area contributed by atoms with E-state index in [4.69, 9.17) is 21.8 Å². The summed E-state index contributed by atoms with van der Waals surface area (Å²) in [5.74, 6) is -1.16. The maximum atomic E-state index is 9.79. The highest BCUT2D eigenvalue weighted by Gasteiger charge is 2.10. The number of halogens is 1. The van der Waals surface area contributed by atoms with Crippen LogP contribution in [-0.2, 0) is 16.0 Å². The zero-order valence-electron chi connectivity index (χ0n) is 19.2. The number of fused-ring (bicyclic) bond motifs is 1. The Kier molecular flexibility index (Phi) is 10.5. The number of aliphatic carboxylic acids is 2.